The van der Waals surface area contributed by atoms with Gasteiger partial charge in [-0.2, -0.15) is 0 Å². The van der Waals surface area contributed by atoms with E-state index in [-0.39, 0.29) is 11.9 Å². The van der Waals surface area contributed by atoms with E-state index >= 15 is 0 Å². The van der Waals surface area contributed by atoms with Crippen molar-refractivity contribution in [3.05, 3.63) is 0 Å². The van der Waals surface area contributed by atoms with Gasteiger partial charge in [0.1, 0.15) is 0 Å². The van der Waals surface area contributed by atoms with Crippen LogP contribution in [0.1, 0.15) is 39.5 Å². The van der Waals surface area contributed by atoms with Crippen molar-refractivity contribution < 1.29 is 9.53 Å². The fourth-order valence-corrected chi connectivity index (χ4v) is 1.89. The van der Waals surface area contributed by atoms with Gasteiger partial charge in [0, 0.05) is 6.54 Å². The van der Waals surface area contributed by atoms with Crippen molar-refractivity contribution in [1.82, 2.24) is 4.90 Å². The van der Waals surface area contributed by atoms with E-state index in [1.807, 2.05) is 6.92 Å². The van der Waals surface area contributed by atoms with Gasteiger partial charge in [-0.3, -0.25) is 4.79 Å². The molecule has 0 aliphatic carbocycles. The summed E-state index contributed by atoms with van der Waals surface area (Å²) < 4.78 is 5.19. The van der Waals surface area contributed by atoms with Gasteiger partial charge < -0.3 is 9.64 Å². The Morgan fingerprint density at radius 1 is 1.40 bits per heavy atom. The van der Waals surface area contributed by atoms with Crippen molar-refractivity contribution in [1.29, 1.82) is 0 Å². The van der Waals surface area contributed by atoms with E-state index in [2.05, 4.69) is 11.8 Å². The molecule has 0 radical (unpaired) electrons. The first-order valence-electron chi connectivity index (χ1n) is 6.13. The summed E-state index contributed by atoms with van der Waals surface area (Å²) in [7, 11) is 0. The van der Waals surface area contributed by atoms with Crippen molar-refractivity contribution in [2.75, 3.05) is 26.2 Å². The second-order valence-corrected chi connectivity index (χ2v) is 4.43. The summed E-state index contributed by atoms with van der Waals surface area (Å²) in [6, 6.07) is 0. The van der Waals surface area contributed by atoms with Crippen LogP contribution >= 0.6 is 0 Å². The molecule has 1 unspecified atom stereocenters. The van der Waals surface area contributed by atoms with Crippen molar-refractivity contribution in [2.45, 2.75) is 39.5 Å². The summed E-state index contributed by atoms with van der Waals surface area (Å²) in [6.45, 7) is 7.80. The van der Waals surface area contributed by atoms with Crippen LogP contribution in [0, 0.1) is 5.92 Å². The third-order valence-corrected chi connectivity index (χ3v) is 2.88. The first-order chi connectivity index (χ1) is 7.24. The highest BCUT2D eigenvalue weighted by atomic mass is 16.5. The topological polar surface area (TPSA) is 29.5 Å². The van der Waals surface area contributed by atoms with Crippen molar-refractivity contribution in [2.24, 2.45) is 5.92 Å². The molecule has 1 fully saturated rings. The molecule has 0 spiro atoms. The quantitative estimate of drug-likeness (QED) is 0.499. The molecule has 1 saturated heterocycles. The maximum atomic E-state index is 11.6. The predicted octanol–water partition coefficient (Wildman–Crippen LogP) is 2.06. The smallest absolute Gasteiger partial charge is 0.309 e. The van der Waals surface area contributed by atoms with Gasteiger partial charge in [-0.1, -0.05) is 20.3 Å². The zero-order chi connectivity index (χ0) is 11.1. The minimum atomic E-state index is -0.0321. The third kappa shape index (κ3) is 4.65. The van der Waals surface area contributed by atoms with Crippen molar-refractivity contribution in [3.63, 3.8) is 0 Å². The first-order valence-corrected chi connectivity index (χ1v) is 6.13. The number of esters is 1. The first kappa shape index (κ1) is 12.5. The van der Waals surface area contributed by atoms with Crippen LogP contribution in [0.15, 0.2) is 0 Å². The lowest BCUT2D eigenvalue weighted by Crippen LogP contribution is -2.30. The molecule has 1 aliphatic heterocycles. The summed E-state index contributed by atoms with van der Waals surface area (Å²) in [5.74, 6) is -0.00435. The van der Waals surface area contributed by atoms with Crippen LogP contribution in [0.5, 0.6) is 0 Å². The number of carbonyl (C=O) groups is 1. The highest BCUT2D eigenvalue weighted by Crippen LogP contribution is 2.11. The Kier molecular flexibility index (Phi) is 5.69. The molecule has 0 bridgehead atoms. The predicted molar refractivity (Wildman–Crippen MR) is 60.7 cm³/mol. The molecular formula is C12H23NO2. The second kappa shape index (κ2) is 6.83. The lowest BCUT2D eigenvalue weighted by molar-refractivity contribution is -0.148. The van der Waals surface area contributed by atoms with Crippen molar-refractivity contribution >= 4 is 5.97 Å². The zero-order valence-electron chi connectivity index (χ0n) is 10.00. The van der Waals surface area contributed by atoms with Crippen LogP contribution in [-0.4, -0.2) is 37.1 Å². The van der Waals surface area contributed by atoms with E-state index < -0.39 is 0 Å². The highest BCUT2D eigenvalue weighted by Gasteiger charge is 2.20. The van der Waals surface area contributed by atoms with Crippen molar-refractivity contribution in [3.8, 4) is 0 Å². The normalized spacial score (nSPS) is 19.1. The maximum absolute atomic E-state index is 11.6. The van der Waals surface area contributed by atoms with Crippen LogP contribution in [0.2, 0.25) is 0 Å². The van der Waals surface area contributed by atoms with Crippen LogP contribution in [-0.2, 0) is 9.53 Å². The Morgan fingerprint density at radius 2 is 2.07 bits per heavy atom. The molecule has 88 valence electrons. The molecule has 0 aromatic heterocycles. The number of rotatable bonds is 6. The molecule has 1 rings (SSSR count). The Bertz CT molecular complexity index is 188. The number of hydrogen-bond acceptors (Lipinski definition) is 3. The molecule has 1 heterocycles. The Hall–Kier alpha value is -0.570. The second-order valence-electron chi connectivity index (χ2n) is 4.43. The molecule has 0 aromatic carbocycles. The minimum Gasteiger partial charge on any atom is -0.465 e. The van der Waals surface area contributed by atoms with Gasteiger partial charge in [0.25, 0.3) is 0 Å². The van der Waals surface area contributed by atoms with Crippen LogP contribution in [0.4, 0.5) is 0 Å². The molecule has 0 amide bonds. The fraction of sp³-hybridized carbons (Fsp3) is 0.917. The lowest BCUT2D eigenvalue weighted by atomic mass is 10.2. The molecule has 1 aliphatic rings. The minimum absolute atomic E-state index is 0.0277. The van der Waals surface area contributed by atoms with Gasteiger partial charge in [0.15, 0.2) is 0 Å². The molecule has 15 heavy (non-hydrogen) atoms. The molecule has 1 atom stereocenters. The molecule has 0 aromatic rings. The Labute approximate surface area is 92.8 Å². The summed E-state index contributed by atoms with van der Waals surface area (Å²) in [6.07, 6.45) is 4.60. The number of nitrogens with zero attached hydrogens (tertiary/aromatic N) is 1. The average Bonchev–Trinajstić information content (AvgIpc) is 2.70. The number of likely N-dealkylation sites (tertiary alicyclic amines) is 1. The number of hydrogen-bond donors (Lipinski definition) is 0. The van der Waals surface area contributed by atoms with Gasteiger partial charge in [-0.15, -0.1) is 0 Å². The largest absolute Gasteiger partial charge is 0.465 e. The lowest BCUT2D eigenvalue weighted by Gasteiger charge is -2.18. The molecule has 3 nitrogen and oxygen atoms in total. The maximum Gasteiger partial charge on any atom is 0.309 e. The van der Waals surface area contributed by atoms with Gasteiger partial charge in [-0.25, -0.2) is 0 Å². The summed E-state index contributed by atoms with van der Waals surface area (Å²) >= 11 is 0. The Balaban J connectivity index is 2.14. The molecule has 3 heteroatoms. The van der Waals surface area contributed by atoms with E-state index in [4.69, 9.17) is 4.74 Å². The van der Waals surface area contributed by atoms with E-state index in [0.717, 1.165) is 32.5 Å². The van der Waals surface area contributed by atoms with Gasteiger partial charge in [0.2, 0.25) is 0 Å². The number of unbranched alkanes of at least 4 members (excludes halogenated alkanes) is 1. The van der Waals surface area contributed by atoms with E-state index in [1.165, 1.54) is 12.8 Å². The monoisotopic (exact) mass is 213 g/mol. The van der Waals surface area contributed by atoms with Gasteiger partial charge in [-0.05, 0) is 32.4 Å². The molecule has 0 saturated carbocycles. The third-order valence-electron chi connectivity index (χ3n) is 2.88. The fourth-order valence-electron chi connectivity index (χ4n) is 1.89. The molecular weight excluding hydrogens is 190 g/mol. The average molecular weight is 213 g/mol. The number of ether oxygens (including phenoxy) is 1. The van der Waals surface area contributed by atoms with Crippen LogP contribution in [0.3, 0.4) is 0 Å². The van der Waals surface area contributed by atoms with E-state index in [9.17, 15) is 4.79 Å². The SMILES string of the molecule is CCCCOC(=O)C(C)CN1CCCC1. The van der Waals surface area contributed by atoms with Gasteiger partial charge >= 0.3 is 5.97 Å². The van der Waals surface area contributed by atoms with Crippen LogP contribution in [0.25, 0.3) is 0 Å². The number of carbonyl (C=O) groups excluding carboxylic acids is 1. The highest BCUT2D eigenvalue weighted by molar-refractivity contribution is 5.72. The van der Waals surface area contributed by atoms with Gasteiger partial charge in [0.05, 0.1) is 12.5 Å². The Morgan fingerprint density at radius 3 is 2.67 bits per heavy atom. The van der Waals surface area contributed by atoms with Crippen LogP contribution < -0.4 is 0 Å². The summed E-state index contributed by atoms with van der Waals surface area (Å²) in [5, 5.41) is 0. The zero-order valence-corrected chi connectivity index (χ0v) is 10.00. The standard InChI is InChI=1S/C12H23NO2/c1-3-4-9-15-12(14)11(2)10-13-7-5-6-8-13/h11H,3-10H2,1-2H3. The summed E-state index contributed by atoms with van der Waals surface area (Å²) in [5.41, 5.74) is 0. The summed E-state index contributed by atoms with van der Waals surface area (Å²) in [4.78, 5) is 13.9. The van der Waals surface area contributed by atoms with E-state index in [0.29, 0.717) is 6.61 Å². The molecule has 0 N–H and O–H groups in total. The van der Waals surface area contributed by atoms with E-state index in [1.54, 1.807) is 0 Å².